The summed E-state index contributed by atoms with van der Waals surface area (Å²) in [5.74, 6) is 1.95. The second-order valence-corrected chi connectivity index (χ2v) is 23.3. The molecular formula is C75H59N4OPt-3. The number of rotatable bonds is 9. The van der Waals surface area contributed by atoms with Gasteiger partial charge in [-0.3, -0.25) is 0 Å². The molecule has 6 heteroatoms. The molecule has 14 rings (SSSR count). The average Bonchev–Trinajstić information content (AvgIpc) is 2.57. The Hall–Kier alpha value is -8.76. The summed E-state index contributed by atoms with van der Waals surface area (Å²) in [6, 6.07) is 92.8. The van der Waals surface area contributed by atoms with E-state index in [1.54, 1.807) is 0 Å². The number of hydrogen-bond acceptors (Lipinski definition) is 4. The number of anilines is 4. The van der Waals surface area contributed by atoms with Gasteiger partial charge in [-0.1, -0.05) is 223 Å². The number of nitrogens with zero attached hydrogens (tertiary/aromatic N) is 4. The first-order valence-electron chi connectivity index (χ1n) is 27.7. The zero-order valence-electron chi connectivity index (χ0n) is 46.2. The molecule has 1 atom stereocenters. The number of aromatic nitrogens is 2. The van der Waals surface area contributed by atoms with Crippen molar-refractivity contribution in [2.45, 2.75) is 57.8 Å². The average molecular weight is 1230 g/mol. The van der Waals surface area contributed by atoms with E-state index in [4.69, 9.17) is 9.72 Å². The Morgan fingerprint density at radius 3 is 1.77 bits per heavy atom. The van der Waals surface area contributed by atoms with Crippen LogP contribution in [0.5, 0.6) is 11.5 Å². The fourth-order valence-electron chi connectivity index (χ4n) is 12.4. The summed E-state index contributed by atoms with van der Waals surface area (Å²) in [6.07, 6.45) is 1.98. The minimum atomic E-state index is -0.631. The van der Waals surface area contributed by atoms with Crippen molar-refractivity contribution in [1.29, 1.82) is 0 Å². The number of benzene rings is 10. The van der Waals surface area contributed by atoms with Crippen LogP contribution in [-0.2, 0) is 37.3 Å². The predicted octanol–water partition coefficient (Wildman–Crippen LogP) is 19.3. The molecule has 398 valence electrons. The van der Waals surface area contributed by atoms with Gasteiger partial charge in [-0.25, -0.2) is 4.98 Å². The van der Waals surface area contributed by atoms with E-state index in [1.807, 2.05) is 24.4 Å². The third kappa shape index (κ3) is 8.69. The first-order chi connectivity index (χ1) is 38.9. The van der Waals surface area contributed by atoms with Crippen LogP contribution >= 0.6 is 0 Å². The summed E-state index contributed by atoms with van der Waals surface area (Å²) in [5, 5.41) is 2.17. The van der Waals surface area contributed by atoms with E-state index < -0.39 is 5.41 Å². The van der Waals surface area contributed by atoms with E-state index in [0.717, 1.165) is 78.2 Å². The minimum absolute atomic E-state index is 0. The van der Waals surface area contributed by atoms with Gasteiger partial charge < -0.3 is 19.1 Å². The largest absolute Gasteiger partial charge is 0.509 e. The minimum Gasteiger partial charge on any atom is -0.509 e. The Morgan fingerprint density at radius 2 is 1.05 bits per heavy atom. The van der Waals surface area contributed by atoms with Crippen LogP contribution in [0, 0.1) is 18.8 Å². The van der Waals surface area contributed by atoms with Crippen molar-refractivity contribution in [3.8, 4) is 50.7 Å². The van der Waals surface area contributed by atoms with Gasteiger partial charge in [0.05, 0.1) is 5.41 Å². The third-order valence-corrected chi connectivity index (χ3v) is 16.4. The maximum Gasteiger partial charge on any atom is 0.135 e. The molecule has 5 nitrogen and oxygen atoms in total. The van der Waals surface area contributed by atoms with Gasteiger partial charge in [-0.15, -0.1) is 48.1 Å². The molecule has 0 amide bonds. The van der Waals surface area contributed by atoms with Crippen molar-refractivity contribution in [2.75, 3.05) is 9.80 Å². The third-order valence-electron chi connectivity index (χ3n) is 16.4. The van der Waals surface area contributed by atoms with Crippen molar-refractivity contribution < 1.29 is 25.8 Å². The summed E-state index contributed by atoms with van der Waals surface area (Å²) in [6.45, 7) is 15.9. The maximum atomic E-state index is 6.85. The van der Waals surface area contributed by atoms with E-state index in [0.29, 0.717) is 11.5 Å². The number of fused-ring (bicyclic) bond motifs is 7. The molecule has 10 aromatic carbocycles. The van der Waals surface area contributed by atoms with E-state index in [2.05, 4.69) is 293 Å². The number of hydrogen-bond donors (Lipinski definition) is 0. The molecule has 12 aromatic rings. The van der Waals surface area contributed by atoms with Crippen molar-refractivity contribution in [3.05, 3.63) is 295 Å². The Labute approximate surface area is 490 Å². The number of ether oxygens (including phenoxy) is 1. The molecule has 0 saturated heterocycles. The molecule has 0 saturated carbocycles. The second kappa shape index (κ2) is 20.1. The van der Waals surface area contributed by atoms with Crippen LogP contribution < -0.4 is 14.5 Å². The SMILES string of the molecule is CC(C)(C)c1ccc(C2(c3ccnc(-n4c5[c-]c(Oc6[c-]c(N7[CH-]N(c8c(-c9ccccc9)cccc8-c8ccccc8)c8ccccc87)ccc6)ccc5c5ccccc54)c3)c3ccccc3-c3cc(C(C)(C)C)ccc32)cc1.[Pt]. The van der Waals surface area contributed by atoms with Gasteiger partial charge in [0, 0.05) is 72.5 Å². The van der Waals surface area contributed by atoms with Crippen molar-refractivity contribution in [2.24, 2.45) is 0 Å². The molecule has 0 bridgehead atoms. The molecule has 0 spiro atoms. The maximum absolute atomic E-state index is 6.85. The molecule has 1 aliphatic heterocycles. The fourth-order valence-corrected chi connectivity index (χ4v) is 12.4. The number of pyridine rings is 1. The molecule has 2 aromatic heterocycles. The van der Waals surface area contributed by atoms with Gasteiger partial charge in [0.15, 0.2) is 0 Å². The van der Waals surface area contributed by atoms with Gasteiger partial charge in [0.25, 0.3) is 0 Å². The Kier molecular flexibility index (Phi) is 12.8. The standard InChI is InChI=1S/C75H59N4O.Pt/c1-73(2,3)52-35-37-53(38-36-52)75(65-31-15-13-27-61(65)64-45-54(74(4,5)6)39-42-66(64)75)55-43-44-76-71(46-55)79-67-32-16-14-28-62(67)63-41-40-58(48-70(63)79)80-57-26-19-25-56(47-57)77-49-78(69-34-18-17-33-68(69)77)72-59(50-21-9-7-10-22-50)29-20-30-60(72)51-23-11-8-12-24-51;/h7-46,49H,1-6H3;/q-3;. The molecule has 1 aliphatic carbocycles. The molecule has 0 N–H and O–H groups in total. The molecule has 3 heterocycles. The second-order valence-electron chi connectivity index (χ2n) is 23.3. The zero-order valence-corrected chi connectivity index (χ0v) is 48.5. The zero-order chi connectivity index (χ0) is 54.3. The van der Waals surface area contributed by atoms with E-state index in [9.17, 15) is 0 Å². The predicted molar refractivity (Wildman–Crippen MR) is 330 cm³/mol. The molecular weight excluding hydrogens is 1170 g/mol. The molecule has 1 unspecified atom stereocenters. The monoisotopic (exact) mass is 1230 g/mol. The number of para-hydroxylation sites is 4. The molecule has 2 aliphatic rings. The Balaban J connectivity index is 0.00000618. The summed E-state index contributed by atoms with van der Waals surface area (Å²) in [7, 11) is 0. The van der Waals surface area contributed by atoms with Crippen LogP contribution in [0.2, 0.25) is 0 Å². The molecule has 81 heavy (non-hydrogen) atoms. The summed E-state index contributed by atoms with van der Waals surface area (Å²) in [5.41, 5.74) is 19.9. The van der Waals surface area contributed by atoms with E-state index in [1.165, 1.54) is 38.9 Å². The van der Waals surface area contributed by atoms with Crippen LogP contribution in [0.1, 0.15) is 74.9 Å². The summed E-state index contributed by atoms with van der Waals surface area (Å²) < 4.78 is 9.11. The van der Waals surface area contributed by atoms with Crippen LogP contribution in [0.4, 0.5) is 22.7 Å². The van der Waals surface area contributed by atoms with Crippen LogP contribution in [0.25, 0.3) is 61.0 Å². The van der Waals surface area contributed by atoms with Gasteiger partial charge in [0.1, 0.15) is 5.82 Å². The van der Waals surface area contributed by atoms with Gasteiger partial charge >= 0.3 is 0 Å². The quantitative estimate of drug-likeness (QED) is 0.135. The first-order valence-corrected chi connectivity index (χ1v) is 27.7. The summed E-state index contributed by atoms with van der Waals surface area (Å²) in [4.78, 5) is 9.76. The van der Waals surface area contributed by atoms with Crippen LogP contribution in [0.3, 0.4) is 0 Å². The molecule has 0 fully saturated rings. The summed E-state index contributed by atoms with van der Waals surface area (Å²) >= 11 is 0. The van der Waals surface area contributed by atoms with Gasteiger partial charge in [0.2, 0.25) is 0 Å². The van der Waals surface area contributed by atoms with Crippen molar-refractivity contribution in [1.82, 2.24) is 9.55 Å². The van der Waals surface area contributed by atoms with Gasteiger partial charge in [-0.2, -0.15) is 12.1 Å². The van der Waals surface area contributed by atoms with Crippen molar-refractivity contribution in [3.63, 3.8) is 0 Å². The fraction of sp³-hybridized carbons (Fsp3) is 0.120. The van der Waals surface area contributed by atoms with Crippen LogP contribution in [0.15, 0.2) is 243 Å². The molecule has 0 radical (unpaired) electrons. The topological polar surface area (TPSA) is 33.5 Å². The smallest absolute Gasteiger partial charge is 0.135 e. The van der Waals surface area contributed by atoms with Gasteiger partial charge in [-0.05, 0) is 102 Å². The Morgan fingerprint density at radius 1 is 0.457 bits per heavy atom. The normalized spacial score (nSPS) is 14.6. The first kappa shape index (κ1) is 51.7. The van der Waals surface area contributed by atoms with Crippen molar-refractivity contribution >= 4 is 44.6 Å². The van der Waals surface area contributed by atoms with Crippen LogP contribution in [-0.4, -0.2) is 9.55 Å². The van der Waals surface area contributed by atoms with E-state index in [-0.39, 0.29) is 31.9 Å². The van der Waals surface area contributed by atoms with E-state index >= 15 is 0 Å². The Bertz CT molecular complexity index is 4280.